The highest BCUT2D eigenvalue weighted by Crippen LogP contribution is 2.31. The first-order valence-corrected chi connectivity index (χ1v) is 13.2. The van der Waals surface area contributed by atoms with E-state index in [9.17, 15) is 9.59 Å². The zero-order chi connectivity index (χ0) is 26.7. The normalized spacial score (nSPS) is 13.2. The highest BCUT2D eigenvalue weighted by molar-refractivity contribution is 6.04. The summed E-state index contributed by atoms with van der Waals surface area (Å²) in [6.45, 7) is 7.72. The van der Waals surface area contributed by atoms with Crippen LogP contribution in [0, 0.1) is 0 Å². The van der Waals surface area contributed by atoms with Gasteiger partial charge in [-0.25, -0.2) is 0 Å². The summed E-state index contributed by atoms with van der Waals surface area (Å²) >= 11 is 0. The van der Waals surface area contributed by atoms with Crippen molar-refractivity contribution in [3.8, 4) is 11.3 Å². The van der Waals surface area contributed by atoms with Crippen molar-refractivity contribution in [2.75, 3.05) is 11.9 Å². The Balaban J connectivity index is 1.19. The summed E-state index contributed by atoms with van der Waals surface area (Å²) in [7, 11) is 0. The number of anilines is 1. The third-order valence-corrected chi connectivity index (χ3v) is 7.13. The van der Waals surface area contributed by atoms with Crippen molar-refractivity contribution in [3.63, 3.8) is 0 Å². The van der Waals surface area contributed by atoms with Gasteiger partial charge in [0.25, 0.3) is 5.91 Å². The Labute approximate surface area is 224 Å². The van der Waals surface area contributed by atoms with Crippen LogP contribution in [-0.2, 0) is 29.6 Å². The maximum Gasteiger partial charge on any atom is 0.255 e. The Hall–Kier alpha value is -4.12. The molecule has 5 nitrogen and oxygen atoms in total. The molecule has 5 rings (SSSR count). The zero-order valence-corrected chi connectivity index (χ0v) is 22.3. The molecule has 2 amide bonds. The molecule has 194 valence electrons. The van der Waals surface area contributed by atoms with Gasteiger partial charge < -0.3 is 14.6 Å². The van der Waals surface area contributed by atoms with Gasteiger partial charge in [-0.2, -0.15) is 0 Å². The van der Waals surface area contributed by atoms with E-state index in [2.05, 4.69) is 38.2 Å². The number of carbonyl (C=O) groups is 2. The van der Waals surface area contributed by atoms with Gasteiger partial charge in [0.05, 0.1) is 0 Å². The number of furan rings is 1. The zero-order valence-electron chi connectivity index (χ0n) is 22.3. The predicted octanol–water partition coefficient (Wildman–Crippen LogP) is 7.01. The van der Waals surface area contributed by atoms with E-state index in [4.69, 9.17) is 4.42 Å². The molecule has 3 aromatic carbocycles. The number of fused-ring (bicyclic) bond motifs is 1. The van der Waals surface area contributed by atoms with Crippen LogP contribution in [0.1, 0.15) is 60.0 Å². The Bertz CT molecular complexity index is 1410. The van der Waals surface area contributed by atoms with Crippen molar-refractivity contribution >= 4 is 17.5 Å². The van der Waals surface area contributed by atoms with Gasteiger partial charge in [-0.15, -0.1) is 0 Å². The average Bonchev–Trinajstić information content (AvgIpc) is 3.36. The summed E-state index contributed by atoms with van der Waals surface area (Å²) in [4.78, 5) is 27.4. The Kier molecular flexibility index (Phi) is 7.19. The molecule has 0 saturated carbocycles. The van der Waals surface area contributed by atoms with Crippen molar-refractivity contribution in [2.45, 2.75) is 52.0 Å². The van der Waals surface area contributed by atoms with Crippen LogP contribution in [0.5, 0.6) is 0 Å². The van der Waals surface area contributed by atoms with Gasteiger partial charge in [0, 0.05) is 48.3 Å². The van der Waals surface area contributed by atoms with Gasteiger partial charge in [0.15, 0.2) is 0 Å². The maximum absolute atomic E-state index is 12.8. The molecule has 0 aliphatic carbocycles. The second-order valence-corrected chi connectivity index (χ2v) is 11.0. The van der Waals surface area contributed by atoms with Gasteiger partial charge >= 0.3 is 0 Å². The molecule has 1 N–H and O–H groups in total. The molecule has 38 heavy (non-hydrogen) atoms. The predicted molar refractivity (Wildman–Crippen MR) is 151 cm³/mol. The molecule has 1 aliphatic rings. The van der Waals surface area contributed by atoms with Crippen LogP contribution in [0.3, 0.4) is 0 Å². The van der Waals surface area contributed by atoms with Crippen LogP contribution in [0.25, 0.3) is 11.3 Å². The minimum atomic E-state index is -0.135. The molecule has 0 saturated heterocycles. The fourth-order valence-corrected chi connectivity index (χ4v) is 4.78. The monoisotopic (exact) mass is 506 g/mol. The van der Waals surface area contributed by atoms with Crippen LogP contribution in [0.15, 0.2) is 89.3 Å². The Morgan fingerprint density at radius 2 is 1.63 bits per heavy atom. The number of hydrogen-bond acceptors (Lipinski definition) is 3. The minimum Gasteiger partial charge on any atom is -0.461 e. The topological polar surface area (TPSA) is 62.6 Å². The van der Waals surface area contributed by atoms with Gasteiger partial charge in [0.1, 0.15) is 11.5 Å². The van der Waals surface area contributed by atoms with Crippen molar-refractivity contribution in [2.24, 2.45) is 0 Å². The lowest BCUT2D eigenvalue weighted by Crippen LogP contribution is -2.35. The fraction of sp³-hybridized carbons (Fsp3) is 0.273. The van der Waals surface area contributed by atoms with Gasteiger partial charge in [0.2, 0.25) is 5.91 Å². The molecular formula is C33H34N2O3. The van der Waals surface area contributed by atoms with Gasteiger partial charge in [-0.05, 0) is 65.4 Å². The number of benzene rings is 3. The average molecular weight is 507 g/mol. The molecule has 0 atom stereocenters. The van der Waals surface area contributed by atoms with Crippen LogP contribution in [0.4, 0.5) is 5.69 Å². The van der Waals surface area contributed by atoms with E-state index in [1.165, 1.54) is 11.1 Å². The molecule has 0 fully saturated rings. The van der Waals surface area contributed by atoms with E-state index in [0.29, 0.717) is 31.5 Å². The summed E-state index contributed by atoms with van der Waals surface area (Å²) in [6.07, 6.45) is 1.98. The summed E-state index contributed by atoms with van der Waals surface area (Å²) < 4.78 is 6.15. The van der Waals surface area contributed by atoms with E-state index >= 15 is 0 Å². The molecule has 5 heteroatoms. The largest absolute Gasteiger partial charge is 0.461 e. The summed E-state index contributed by atoms with van der Waals surface area (Å²) in [6, 6.07) is 27.6. The number of aryl methyl sites for hydroxylation is 1. The van der Waals surface area contributed by atoms with E-state index in [-0.39, 0.29) is 17.2 Å². The summed E-state index contributed by atoms with van der Waals surface area (Å²) in [5.74, 6) is 1.77. The van der Waals surface area contributed by atoms with E-state index < -0.39 is 0 Å². The van der Waals surface area contributed by atoms with Gasteiger partial charge in [-0.1, -0.05) is 63.2 Å². The summed E-state index contributed by atoms with van der Waals surface area (Å²) in [5.41, 5.74) is 5.78. The van der Waals surface area contributed by atoms with Crippen molar-refractivity contribution in [3.05, 3.63) is 113 Å². The third-order valence-electron chi connectivity index (χ3n) is 7.13. The lowest BCUT2D eigenvalue weighted by molar-refractivity contribution is -0.132. The van der Waals surface area contributed by atoms with E-state index in [0.717, 1.165) is 34.8 Å². The van der Waals surface area contributed by atoms with E-state index in [1.807, 2.05) is 77.7 Å². The molecular weight excluding hydrogens is 472 g/mol. The molecule has 4 aromatic rings. The lowest BCUT2D eigenvalue weighted by atomic mass is 9.87. The van der Waals surface area contributed by atoms with Crippen molar-refractivity contribution < 1.29 is 14.0 Å². The van der Waals surface area contributed by atoms with Gasteiger partial charge in [-0.3, -0.25) is 9.59 Å². The molecule has 0 unspecified atom stereocenters. The number of hydrogen-bond donors (Lipinski definition) is 1. The molecule has 2 heterocycles. The Morgan fingerprint density at radius 3 is 2.32 bits per heavy atom. The fourth-order valence-electron chi connectivity index (χ4n) is 4.78. The molecule has 1 aliphatic heterocycles. The van der Waals surface area contributed by atoms with Crippen LogP contribution in [0.2, 0.25) is 0 Å². The van der Waals surface area contributed by atoms with Crippen LogP contribution < -0.4 is 5.32 Å². The number of rotatable bonds is 6. The quantitative estimate of drug-likeness (QED) is 0.306. The third kappa shape index (κ3) is 5.88. The highest BCUT2D eigenvalue weighted by atomic mass is 16.3. The standard InChI is InChI=1S/C33H34N2O3/c1-33(2,3)27-14-10-25(11-15-27)32(37)34-28-16-12-24(13-17-28)30-21-26-22-35(20-19-29(26)38-30)31(36)18-9-23-7-5-4-6-8-23/h4-8,10-17,21H,9,18-20,22H2,1-3H3,(H,34,37). The second kappa shape index (κ2) is 10.7. The van der Waals surface area contributed by atoms with Crippen molar-refractivity contribution in [1.82, 2.24) is 4.90 Å². The molecule has 0 bridgehead atoms. The maximum atomic E-state index is 12.8. The minimum absolute atomic E-state index is 0.0477. The second-order valence-electron chi connectivity index (χ2n) is 11.0. The highest BCUT2D eigenvalue weighted by Gasteiger charge is 2.24. The lowest BCUT2D eigenvalue weighted by Gasteiger charge is -2.26. The first-order chi connectivity index (χ1) is 18.3. The van der Waals surface area contributed by atoms with Crippen molar-refractivity contribution in [1.29, 1.82) is 0 Å². The molecule has 0 radical (unpaired) electrons. The smallest absolute Gasteiger partial charge is 0.255 e. The number of amides is 2. The number of nitrogens with one attached hydrogen (secondary N) is 1. The van der Waals surface area contributed by atoms with Crippen LogP contribution in [-0.4, -0.2) is 23.3 Å². The van der Waals surface area contributed by atoms with Crippen LogP contribution >= 0.6 is 0 Å². The molecule has 0 spiro atoms. The van der Waals surface area contributed by atoms with E-state index in [1.54, 1.807) is 0 Å². The SMILES string of the molecule is CC(C)(C)c1ccc(C(=O)Nc2ccc(-c3cc4c(o3)CCN(C(=O)CCc3ccccc3)C4)cc2)cc1. The number of nitrogens with zero attached hydrogens (tertiary/aromatic N) is 1. The Morgan fingerprint density at radius 1 is 0.921 bits per heavy atom. The number of carbonyl (C=O) groups excluding carboxylic acids is 2. The first-order valence-electron chi connectivity index (χ1n) is 13.2. The first kappa shape index (κ1) is 25.5. The molecule has 1 aromatic heterocycles. The summed E-state index contributed by atoms with van der Waals surface area (Å²) in [5, 5.41) is 2.97.